The van der Waals surface area contributed by atoms with Gasteiger partial charge in [-0.1, -0.05) is 36.4 Å². The minimum atomic E-state index is 0.272. The Hall–Kier alpha value is -2.09. The highest BCUT2D eigenvalue weighted by molar-refractivity contribution is 5.63. The van der Waals surface area contributed by atoms with Gasteiger partial charge >= 0.3 is 0 Å². The molecule has 0 saturated heterocycles. The molecule has 0 spiro atoms. The lowest BCUT2D eigenvalue weighted by molar-refractivity contribution is 0.700. The standard InChI is InChI=1S/C17H20N2/c1-4-17(16-11-10-13(2)18-12-16)19-14(3)15-8-6-5-7-9-15/h4-12,14,19H,1-3H3/b17-4-/t14-/m0/s1. The molecular formula is C17H20N2. The highest BCUT2D eigenvalue weighted by atomic mass is 14.9. The van der Waals surface area contributed by atoms with Crippen LogP contribution in [0.25, 0.3) is 5.70 Å². The molecule has 0 bridgehead atoms. The SMILES string of the molecule is C/C=C(\N[C@@H](C)c1ccccc1)c1ccc(C)nc1. The molecule has 0 aliphatic heterocycles. The first-order valence-electron chi connectivity index (χ1n) is 6.61. The molecule has 0 aliphatic carbocycles. The third-order valence-corrected chi connectivity index (χ3v) is 3.18. The Balaban J connectivity index is 2.14. The molecule has 2 aromatic rings. The first-order chi connectivity index (χ1) is 9.20. The molecule has 0 radical (unpaired) electrons. The molecule has 1 aromatic carbocycles. The van der Waals surface area contributed by atoms with Crippen molar-refractivity contribution >= 4 is 5.70 Å². The predicted molar refractivity (Wildman–Crippen MR) is 80.6 cm³/mol. The summed E-state index contributed by atoms with van der Waals surface area (Å²) >= 11 is 0. The number of benzene rings is 1. The molecular weight excluding hydrogens is 232 g/mol. The van der Waals surface area contributed by atoms with Gasteiger partial charge in [-0.3, -0.25) is 4.98 Å². The number of hydrogen-bond acceptors (Lipinski definition) is 2. The Kier molecular flexibility index (Phi) is 4.35. The number of allylic oxidation sites excluding steroid dienone is 1. The van der Waals surface area contributed by atoms with Crippen molar-refractivity contribution in [2.75, 3.05) is 0 Å². The van der Waals surface area contributed by atoms with Crippen molar-refractivity contribution < 1.29 is 0 Å². The van der Waals surface area contributed by atoms with Crippen LogP contribution in [-0.2, 0) is 0 Å². The molecule has 1 aromatic heterocycles. The van der Waals surface area contributed by atoms with Gasteiger partial charge in [0.2, 0.25) is 0 Å². The zero-order valence-corrected chi connectivity index (χ0v) is 11.7. The van der Waals surface area contributed by atoms with Crippen LogP contribution in [-0.4, -0.2) is 4.98 Å². The summed E-state index contributed by atoms with van der Waals surface area (Å²) in [5.74, 6) is 0. The third kappa shape index (κ3) is 3.44. The van der Waals surface area contributed by atoms with Crippen molar-refractivity contribution in [1.29, 1.82) is 0 Å². The van der Waals surface area contributed by atoms with Gasteiger partial charge in [-0.25, -0.2) is 0 Å². The van der Waals surface area contributed by atoms with Crippen molar-refractivity contribution in [2.45, 2.75) is 26.8 Å². The number of aryl methyl sites for hydroxylation is 1. The van der Waals surface area contributed by atoms with Crippen molar-refractivity contribution in [3.63, 3.8) is 0 Å². The van der Waals surface area contributed by atoms with E-state index in [9.17, 15) is 0 Å². The molecule has 0 fully saturated rings. The van der Waals surface area contributed by atoms with Crippen LogP contribution in [0, 0.1) is 6.92 Å². The summed E-state index contributed by atoms with van der Waals surface area (Å²) in [4.78, 5) is 4.35. The van der Waals surface area contributed by atoms with Crippen LogP contribution in [0.1, 0.15) is 36.7 Å². The Morgan fingerprint density at radius 3 is 2.47 bits per heavy atom. The molecule has 2 rings (SSSR count). The van der Waals surface area contributed by atoms with Crippen LogP contribution < -0.4 is 5.32 Å². The molecule has 0 amide bonds. The zero-order chi connectivity index (χ0) is 13.7. The average molecular weight is 252 g/mol. The Bertz CT molecular complexity index is 541. The van der Waals surface area contributed by atoms with Gasteiger partial charge in [-0.2, -0.15) is 0 Å². The molecule has 0 saturated carbocycles. The Labute approximate surface area is 115 Å². The predicted octanol–water partition coefficient (Wildman–Crippen LogP) is 4.10. The lowest BCUT2D eigenvalue weighted by Crippen LogP contribution is -2.17. The highest BCUT2D eigenvalue weighted by Crippen LogP contribution is 2.18. The van der Waals surface area contributed by atoms with E-state index in [0.29, 0.717) is 0 Å². The topological polar surface area (TPSA) is 24.9 Å². The summed E-state index contributed by atoms with van der Waals surface area (Å²) in [5.41, 5.74) is 4.55. The van der Waals surface area contributed by atoms with Crippen molar-refractivity contribution in [3.05, 3.63) is 71.6 Å². The highest BCUT2D eigenvalue weighted by Gasteiger charge is 2.07. The van der Waals surface area contributed by atoms with Gasteiger partial charge in [0.15, 0.2) is 0 Å². The van der Waals surface area contributed by atoms with E-state index in [1.165, 1.54) is 5.56 Å². The molecule has 0 aliphatic rings. The molecule has 1 heterocycles. The van der Waals surface area contributed by atoms with E-state index in [-0.39, 0.29) is 6.04 Å². The van der Waals surface area contributed by atoms with Gasteiger partial charge < -0.3 is 5.32 Å². The third-order valence-electron chi connectivity index (χ3n) is 3.18. The smallest absolute Gasteiger partial charge is 0.0485 e. The van der Waals surface area contributed by atoms with E-state index in [1.54, 1.807) is 0 Å². The Morgan fingerprint density at radius 2 is 1.89 bits per heavy atom. The largest absolute Gasteiger partial charge is 0.378 e. The van der Waals surface area contributed by atoms with Crippen molar-refractivity contribution in [2.24, 2.45) is 0 Å². The van der Waals surface area contributed by atoms with Gasteiger partial charge in [-0.05, 0) is 38.5 Å². The number of pyridine rings is 1. The average Bonchev–Trinajstić information content (AvgIpc) is 2.46. The van der Waals surface area contributed by atoms with Crippen LogP contribution in [0.2, 0.25) is 0 Å². The summed E-state index contributed by atoms with van der Waals surface area (Å²) in [6.07, 6.45) is 4.00. The molecule has 2 nitrogen and oxygen atoms in total. The minimum absolute atomic E-state index is 0.272. The maximum Gasteiger partial charge on any atom is 0.0485 e. The zero-order valence-electron chi connectivity index (χ0n) is 11.7. The lowest BCUT2D eigenvalue weighted by atomic mass is 10.1. The van der Waals surface area contributed by atoms with E-state index in [0.717, 1.165) is 17.0 Å². The van der Waals surface area contributed by atoms with Crippen LogP contribution in [0.4, 0.5) is 0 Å². The Morgan fingerprint density at radius 1 is 1.16 bits per heavy atom. The van der Waals surface area contributed by atoms with E-state index >= 15 is 0 Å². The molecule has 0 unspecified atom stereocenters. The van der Waals surface area contributed by atoms with Gasteiger partial charge in [0, 0.05) is 29.2 Å². The number of hydrogen-bond donors (Lipinski definition) is 1. The summed E-state index contributed by atoms with van der Waals surface area (Å²) in [5, 5.41) is 3.54. The van der Waals surface area contributed by atoms with E-state index in [1.807, 2.05) is 32.2 Å². The van der Waals surface area contributed by atoms with Gasteiger partial charge in [0.25, 0.3) is 0 Å². The molecule has 1 atom stereocenters. The number of rotatable bonds is 4. The maximum atomic E-state index is 4.35. The normalized spacial score (nSPS) is 13.1. The first-order valence-corrected chi connectivity index (χ1v) is 6.61. The van der Waals surface area contributed by atoms with Gasteiger partial charge in [-0.15, -0.1) is 0 Å². The number of aromatic nitrogens is 1. The van der Waals surface area contributed by atoms with Crippen LogP contribution in [0.5, 0.6) is 0 Å². The summed E-state index contributed by atoms with van der Waals surface area (Å²) in [6.45, 7) is 6.21. The molecule has 19 heavy (non-hydrogen) atoms. The number of nitrogens with one attached hydrogen (secondary N) is 1. The van der Waals surface area contributed by atoms with Crippen LogP contribution in [0.3, 0.4) is 0 Å². The first kappa shape index (κ1) is 13.3. The monoisotopic (exact) mass is 252 g/mol. The van der Waals surface area contributed by atoms with Crippen molar-refractivity contribution in [3.8, 4) is 0 Å². The van der Waals surface area contributed by atoms with Crippen LogP contribution in [0.15, 0.2) is 54.7 Å². The van der Waals surface area contributed by atoms with Crippen molar-refractivity contribution in [1.82, 2.24) is 10.3 Å². The molecule has 1 N–H and O–H groups in total. The lowest BCUT2D eigenvalue weighted by Gasteiger charge is -2.18. The second kappa shape index (κ2) is 6.19. The minimum Gasteiger partial charge on any atom is -0.378 e. The van der Waals surface area contributed by atoms with E-state index < -0.39 is 0 Å². The molecule has 2 heteroatoms. The fourth-order valence-electron chi connectivity index (χ4n) is 2.02. The second-order valence-electron chi connectivity index (χ2n) is 4.67. The van der Waals surface area contributed by atoms with Gasteiger partial charge in [0.05, 0.1) is 0 Å². The fraction of sp³-hybridized carbons (Fsp3) is 0.235. The maximum absolute atomic E-state index is 4.35. The summed E-state index contributed by atoms with van der Waals surface area (Å²) < 4.78 is 0. The van der Waals surface area contributed by atoms with Gasteiger partial charge in [0.1, 0.15) is 0 Å². The summed E-state index contributed by atoms with van der Waals surface area (Å²) in [6, 6.07) is 14.9. The van der Waals surface area contributed by atoms with E-state index in [4.69, 9.17) is 0 Å². The fourth-order valence-corrected chi connectivity index (χ4v) is 2.02. The van der Waals surface area contributed by atoms with E-state index in [2.05, 4.69) is 53.6 Å². The number of nitrogens with zero attached hydrogens (tertiary/aromatic N) is 1. The quantitative estimate of drug-likeness (QED) is 0.886. The molecule has 98 valence electrons. The second-order valence-corrected chi connectivity index (χ2v) is 4.67. The summed E-state index contributed by atoms with van der Waals surface area (Å²) in [7, 11) is 0. The van der Waals surface area contributed by atoms with Crippen LogP contribution >= 0.6 is 0 Å².